The van der Waals surface area contributed by atoms with Crippen LogP contribution in [0.15, 0.2) is 76.5 Å². The molecule has 0 fully saturated rings. The summed E-state index contributed by atoms with van der Waals surface area (Å²) < 4.78 is 68.8. The normalized spacial score (nSPS) is 11.6. The molecule has 181 valence electrons. The van der Waals surface area contributed by atoms with Crippen molar-refractivity contribution in [1.82, 2.24) is 15.0 Å². The van der Waals surface area contributed by atoms with Crippen molar-refractivity contribution in [2.45, 2.75) is 9.79 Å². The molecule has 1 N–H and O–H groups in total. The molecule has 1 aromatic heterocycles. The van der Waals surface area contributed by atoms with Crippen molar-refractivity contribution >= 4 is 78.1 Å². The number of nitro benzene ring substituents is 1. The average molecular weight is 652 g/mol. The number of nitrogens with zero attached hydrogens (tertiary/aromatic N) is 5. The number of nitro groups is 1. The summed E-state index contributed by atoms with van der Waals surface area (Å²) in [5, 5.41) is 19.6. The van der Waals surface area contributed by atoms with Crippen molar-refractivity contribution in [3.05, 3.63) is 80.4 Å². The van der Waals surface area contributed by atoms with E-state index in [1.54, 1.807) is 24.3 Å². The molecular weight excluding hydrogens is 640 g/mol. The van der Waals surface area contributed by atoms with Crippen LogP contribution in [0.25, 0.3) is 22.8 Å². The van der Waals surface area contributed by atoms with Gasteiger partial charge in [0.05, 0.1) is 25.4 Å². The quantitative estimate of drug-likeness (QED) is 0.0798. The number of non-ortho nitro benzene ring substituents is 1. The van der Waals surface area contributed by atoms with Gasteiger partial charge in [0, 0.05) is 50.1 Å². The summed E-state index contributed by atoms with van der Waals surface area (Å²) in [5.74, 6) is -0.266. The van der Waals surface area contributed by atoms with Crippen LogP contribution in [0.4, 0.5) is 5.69 Å². The predicted molar refractivity (Wildman–Crippen MR) is 131 cm³/mol. The molecule has 0 atom stereocenters. The molecule has 0 aliphatic rings. The van der Waals surface area contributed by atoms with Crippen molar-refractivity contribution in [2.24, 2.45) is 0 Å². The van der Waals surface area contributed by atoms with E-state index in [9.17, 15) is 36.1 Å². The molecule has 13 nitrogen and oxygen atoms in total. The van der Waals surface area contributed by atoms with Crippen LogP contribution in [-0.4, -0.2) is 75.4 Å². The van der Waals surface area contributed by atoms with Crippen LogP contribution in [0.1, 0.15) is 0 Å². The molecule has 0 bridgehead atoms. The van der Waals surface area contributed by atoms with E-state index in [4.69, 9.17) is 0 Å². The number of tetrazole rings is 1. The van der Waals surface area contributed by atoms with Gasteiger partial charge >= 0.3 is 5.82 Å². The fourth-order valence-electron chi connectivity index (χ4n) is 3.06. The number of hydrogen-bond acceptors (Lipinski definition) is 9. The number of hydrogen-bond donors (Lipinski definition) is 1. The summed E-state index contributed by atoms with van der Waals surface area (Å²) in [6.45, 7) is 0. The van der Waals surface area contributed by atoms with E-state index >= 15 is 0 Å². The maximum absolute atomic E-state index is 11.9. The molecule has 4 aromatic rings. The molecule has 0 saturated heterocycles. The Balaban J connectivity index is 0.00000361. The second kappa shape index (κ2) is 10.6. The molecule has 0 unspecified atom stereocenters. The summed E-state index contributed by atoms with van der Waals surface area (Å²) in [7, 11) is -10.0. The topological polar surface area (TPSA) is 189 Å². The van der Waals surface area contributed by atoms with Gasteiger partial charge in [0.2, 0.25) is 0 Å². The van der Waals surface area contributed by atoms with Crippen molar-refractivity contribution in [3.8, 4) is 22.8 Å². The molecular formula is C19H12IN5NaO8S2. The monoisotopic (exact) mass is 652 g/mol. The van der Waals surface area contributed by atoms with Gasteiger partial charge in [0.15, 0.2) is 5.69 Å². The van der Waals surface area contributed by atoms with E-state index < -0.39 is 35.0 Å². The van der Waals surface area contributed by atoms with E-state index in [2.05, 4.69) is 32.8 Å². The SMILES string of the molecule is O=[N+]([O-])c1ccc(-[n+]2nc(-c3ccc(S(=O)(=O)O)cc3S(=O)(=O)[O-])nn2-c2ccc(I)cc2)cc1.[Na]. The Morgan fingerprint density at radius 1 is 0.972 bits per heavy atom. The zero-order valence-electron chi connectivity index (χ0n) is 18.1. The fourth-order valence-corrected chi connectivity index (χ4v) is 4.70. The molecule has 0 spiro atoms. The fraction of sp³-hybridized carbons (Fsp3) is 0. The van der Waals surface area contributed by atoms with Gasteiger partial charge in [0.25, 0.3) is 15.8 Å². The van der Waals surface area contributed by atoms with Gasteiger partial charge in [-0.1, -0.05) is 0 Å². The van der Waals surface area contributed by atoms with Crippen molar-refractivity contribution in [3.63, 3.8) is 0 Å². The summed E-state index contributed by atoms with van der Waals surface area (Å²) in [6, 6.07) is 14.6. The minimum absolute atomic E-state index is 0. The zero-order chi connectivity index (χ0) is 25.5. The first-order valence-corrected chi connectivity index (χ1v) is 13.3. The van der Waals surface area contributed by atoms with Crippen molar-refractivity contribution < 1.29 is 35.7 Å². The number of halogens is 1. The number of rotatable bonds is 6. The molecule has 0 amide bonds. The molecule has 1 radical (unpaired) electrons. The van der Waals surface area contributed by atoms with Gasteiger partial charge in [-0.2, -0.15) is 8.42 Å². The van der Waals surface area contributed by atoms with Crippen LogP contribution in [-0.2, 0) is 20.2 Å². The average Bonchev–Trinajstić information content (AvgIpc) is 3.23. The Hall–Kier alpha value is -2.32. The molecule has 0 saturated carbocycles. The summed E-state index contributed by atoms with van der Waals surface area (Å²) >= 11 is 2.10. The van der Waals surface area contributed by atoms with E-state index in [-0.39, 0.29) is 46.6 Å². The molecule has 4 rings (SSSR count). The van der Waals surface area contributed by atoms with Gasteiger partial charge in [-0.3, -0.25) is 14.7 Å². The summed E-state index contributed by atoms with van der Waals surface area (Å²) in [4.78, 5) is 11.2. The second-order valence-corrected chi connectivity index (χ2v) is 11.0. The Morgan fingerprint density at radius 2 is 1.58 bits per heavy atom. The van der Waals surface area contributed by atoms with Gasteiger partial charge in [-0.25, -0.2) is 8.42 Å². The van der Waals surface area contributed by atoms with Crippen molar-refractivity contribution in [1.29, 1.82) is 0 Å². The Labute approximate surface area is 239 Å². The van der Waals surface area contributed by atoms with Crippen LogP contribution < -0.4 is 4.80 Å². The second-order valence-electron chi connectivity index (χ2n) is 6.94. The van der Waals surface area contributed by atoms with Gasteiger partial charge in [-0.05, 0) is 87.1 Å². The van der Waals surface area contributed by atoms with E-state index in [0.29, 0.717) is 17.4 Å². The molecule has 17 heteroatoms. The van der Waals surface area contributed by atoms with Gasteiger partial charge < -0.3 is 4.55 Å². The maximum atomic E-state index is 11.9. The van der Waals surface area contributed by atoms with Crippen LogP contribution in [0.5, 0.6) is 0 Å². The smallest absolute Gasteiger partial charge is 0.341 e. The third kappa shape index (κ3) is 5.97. The Morgan fingerprint density at radius 3 is 2.11 bits per heavy atom. The third-order valence-electron chi connectivity index (χ3n) is 4.67. The molecule has 36 heavy (non-hydrogen) atoms. The first-order valence-electron chi connectivity index (χ1n) is 9.33. The first kappa shape index (κ1) is 28.3. The minimum atomic E-state index is -5.22. The molecule has 0 aliphatic carbocycles. The van der Waals surface area contributed by atoms with Gasteiger partial charge in [-0.15, -0.1) is 0 Å². The largest absolute Gasteiger partial charge is 0.744 e. The Kier molecular flexibility index (Phi) is 8.30. The molecule has 0 aliphatic heterocycles. The first-order chi connectivity index (χ1) is 16.3. The number of aromatic nitrogens is 4. The van der Waals surface area contributed by atoms with E-state index in [1.807, 2.05) is 0 Å². The third-order valence-corrected chi connectivity index (χ3v) is 7.11. The zero-order valence-corrected chi connectivity index (χ0v) is 23.9. The maximum Gasteiger partial charge on any atom is 0.341 e. The van der Waals surface area contributed by atoms with Crippen LogP contribution >= 0.6 is 22.6 Å². The summed E-state index contributed by atoms with van der Waals surface area (Å²) in [6.07, 6.45) is 0. The summed E-state index contributed by atoms with van der Waals surface area (Å²) in [5.41, 5.74) is 0.306. The van der Waals surface area contributed by atoms with Crippen LogP contribution in [0.3, 0.4) is 0 Å². The molecule has 3 aromatic carbocycles. The predicted octanol–water partition coefficient (Wildman–Crippen LogP) is 1.49. The number of benzene rings is 3. The minimum Gasteiger partial charge on any atom is -0.744 e. The Bertz CT molecular complexity index is 1680. The van der Waals surface area contributed by atoms with E-state index in [0.717, 1.165) is 15.7 Å². The van der Waals surface area contributed by atoms with E-state index in [1.165, 1.54) is 33.9 Å². The molecule has 1 heterocycles. The van der Waals surface area contributed by atoms with Gasteiger partial charge in [0.1, 0.15) is 15.8 Å². The standard InChI is InChI=1S/C19H12IN5O8S2.Na/c20-12-1-3-13(4-2-12)23-21-19(22-24(23)14-5-7-15(8-6-14)25(26)27)17-10-9-16(34(28,29)30)11-18(17)35(31,32)33;/h1-11H,(H-,28,29,30,31,32,33);. The van der Waals surface area contributed by atoms with Crippen molar-refractivity contribution in [2.75, 3.05) is 0 Å². The van der Waals surface area contributed by atoms with Crippen LogP contribution in [0.2, 0.25) is 0 Å². The van der Waals surface area contributed by atoms with Crippen LogP contribution in [0, 0.1) is 13.7 Å².